The smallest absolute Gasteiger partial charge is 0.256 e. The Balaban J connectivity index is 4.01. The van der Waals surface area contributed by atoms with Crippen molar-refractivity contribution >= 4 is 11.8 Å². The van der Waals surface area contributed by atoms with Gasteiger partial charge in [-0.15, -0.1) is 0 Å². The van der Waals surface area contributed by atoms with Gasteiger partial charge in [-0.05, 0) is 13.8 Å². The van der Waals surface area contributed by atoms with Crippen LogP contribution < -0.4 is 10.6 Å². The highest BCUT2D eigenvalue weighted by atomic mass is 16.2. The summed E-state index contributed by atoms with van der Waals surface area (Å²) in [7, 11) is 0. The van der Waals surface area contributed by atoms with Gasteiger partial charge in [0, 0.05) is 13.1 Å². The van der Waals surface area contributed by atoms with Crippen LogP contribution in [0.3, 0.4) is 0 Å². The predicted octanol–water partition coefficient (Wildman–Crippen LogP) is -0.185. The summed E-state index contributed by atoms with van der Waals surface area (Å²) < 4.78 is 0. The molecule has 4 heteroatoms. The Morgan fingerprint density at radius 2 is 1.42 bits per heavy atom. The van der Waals surface area contributed by atoms with Crippen LogP contribution in [0, 0.1) is 0 Å². The Bertz CT molecular complexity index is 179. The third kappa shape index (κ3) is 3.18. The van der Waals surface area contributed by atoms with Crippen molar-refractivity contribution in [2.45, 2.75) is 13.8 Å². The van der Waals surface area contributed by atoms with Crippen molar-refractivity contribution in [1.29, 1.82) is 0 Å². The number of hydrogen-bond donors (Lipinski definition) is 2. The van der Waals surface area contributed by atoms with E-state index in [-0.39, 0.29) is 5.57 Å². The van der Waals surface area contributed by atoms with Crippen LogP contribution in [0.1, 0.15) is 13.8 Å². The maximum atomic E-state index is 11.0. The number of rotatable bonds is 4. The molecule has 0 heterocycles. The molecule has 0 aromatic carbocycles. The fraction of sp³-hybridized carbons (Fsp3) is 0.500. The van der Waals surface area contributed by atoms with Crippen LogP contribution in [0.25, 0.3) is 0 Å². The molecule has 12 heavy (non-hydrogen) atoms. The summed E-state index contributed by atoms with van der Waals surface area (Å²) >= 11 is 0. The van der Waals surface area contributed by atoms with Gasteiger partial charge in [0.1, 0.15) is 0 Å². The number of carbonyl (C=O) groups is 2. The summed E-state index contributed by atoms with van der Waals surface area (Å²) in [5.41, 5.74) is -0.0429. The first-order chi connectivity index (χ1) is 5.63. The van der Waals surface area contributed by atoms with Crippen LogP contribution in [-0.2, 0) is 9.59 Å². The van der Waals surface area contributed by atoms with E-state index in [1.165, 1.54) is 0 Å². The Morgan fingerprint density at radius 3 is 1.67 bits per heavy atom. The highest BCUT2D eigenvalue weighted by Crippen LogP contribution is 1.89. The molecule has 0 unspecified atom stereocenters. The van der Waals surface area contributed by atoms with Gasteiger partial charge < -0.3 is 10.6 Å². The molecule has 2 amide bonds. The molecule has 0 rings (SSSR count). The zero-order chi connectivity index (χ0) is 9.56. The average Bonchev–Trinajstić information content (AvgIpc) is 2.04. The van der Waals surface area contributed by atoms with E-state index in [1.807, 2.05) is 0 Å². The van der Waals surface area contributed by atoms with E-state index < -0.39 is 11.8 Å². The van der Waals surface area contributed by atoms with E-state index in [0.717, 1.165) is 0 Å². The van der Waals surface area contributed by atoms with E-state index in [0.29, 0.717) is 13.1 Å². The minimum atomic E-state index is -0.413. The standard InChI is InChI=1S/C8H14N2O2/c1-4-9-7(11)6(3)8(12)10-5-2/h3-5H2,1-2H3,(H,9,11)(H,10,12). The van der Waals surface area contributed by atoms with Gasteiger partial charge in [0.05, 0.1) is 5.57 Å². The fourth-order valence-electron chi connectivity index (χ4n) is 0.638. The molecule has 0 radical (unpaired) electrons. The van der Waals surface area contributed by atoms with E-state index in [2.05, 4.69) is 17.2 Å². The summed E-state index contributed by atoms with van der Waals surface area (Å²) in [4.78, 5) is 22.0. The summed E-state index contributed by atoms with van der Waals surface area (Å²) in [5, 5.41) is 4.97. The van der Waals surface area contributed by atoms with Crippen LogP contribution in [0.2, 0.25) is 0 Å². The quantitative estimate of drug-likeness (QED) is 0.349. The lowest BCUT2D eigenvalue weighted by atomic mass is 10.2. The number of amides is 2. The van der Waals surface area contributed by atoms with Crippen molar-refractivity contribution in [1.82, 2.24) is 10.6 Å². The van der Waals surface area contributed by atoms with Gasteiger partial charge in [0.25, 0.3) is 11.8 Å². The zero-order valence-electron chi connectivity index (χ0n) is 7.44. The lowest BCUT2D eigenvalue weighted by Gasteiger charge is -2.04. The molecule has 0 aromatic heterocycles. The summed E-state index contributed by atoms with van der Waals surface area (Å²) in [6.45, 7) is 7.92. The number of carbonyl (C=O) groups excluding carboxylic acids is 2. The van der Waals surface area contributed by atoms with E-state index in [9.17, 15) is 9.59 Å². The fourth-order valence-corrected chi connectivity index (χ4v) is 0.638. The van der Waals surface area contributed by atoms with Gasteiger partial charge in [-0.3, -0.25) is 9.59 Å². The largest absolute Gasteiger partial charge is 0.352 e. The first kappa shape index (κ1) is 10.7. The van der Waals surface area contributed by atoms with Crippen LogP contribution in [-0.4, -0.2) is 24.9 Å². The highest BCUT2D eigenvalue weighted by molar-refractivity contribution is 6.17. The highest BCUT2D eigenvalue weighted by Gasteiger charge is 2.12. The number of hydrogen-bond acceptors (Lipinski definition) is 2. The molecule has 0 fully saturated rings. The van der Waals surface area contributed by atoms with Gasteiger partial charge in [-0.1, -0.05) is 6.58 Å². The first-order valence-electron chi connectivity index (χ1n) is 3.88. The summed E-state index contributed by atoms with van der Waals surface area (Å²) in [5.74, 6) is -0.827. The lowest BCUT2D eigenvalue weighted by Crippen LogP contribution is -2.33. The second-order valence-electron chi connectivity index (χ2n) is 2.20. The van der Waals surface area contributed by atoms with Crippen LogP contribution >= 0.6 is 0 Å². The molecule has 2 N–H and O–H groups in total. The lowest BCUT2D eigenvalue weighted by molar-refractivity contribution is -0.123. The Kier molecular flexibility index (Phi) is 4.76. The summed E-state index contributed by atoms with van der Waals surface area (Å²) in [6, 6.07) is 0. The zero-order valence-corrected chi connectivity index (χ0v) is 7.44. The number of likely N-dealkylation sites (N-methyl/N-ethyl adjacent to an activating group) is 2. The molecule has 0 aliphatic rings. The average molecular weight is 170 g/mol. The molecule has 0 saturated carbocycles. The van der Waals surface area contributed by atoms with Gasteiger partial charge >= 0.3 is 0 Å². The maximum absolute atomic E-state index is 11.0. The molecule has 0 aromatic rings. The molecule has 0 spiro atoms. The topological polar surface area (TPSA) is 58.2 Å². The van der Waals surface area contributed by atoms with Gasteiger partial charge in [-0.25, -0.2) is 0 Å². The molecular formula is C8H14N2O2. The molecule has 4 nitrogen and oxygen atoms in total. The van der Waals surface area contributed by atoms with Crippen molar-refractivity contribution < 1.29 is 9.59 Å². The van der Waals surface area contributed by atoms with Gasteiger partial charge in [0.15, 0.2) is 0 Å². The normalized spacial score (nSPS) is 8.83. The van der Waals surface area contributed by atoms with E-state index >= 15 is 0 Å². The van der Waals surface area contributed by atoms with Gasteiger partial charge in [0.2, 0.25) is 0 Å². The Morgan fingerprint density at radius 1 is 1.08 bits per heavy atom. The molecule has 68 valence electrons. The van der Waals surface area contributed by atoms with E-state index in [4.69, 9.17) is 0 Å². The van der Waals surface area contributed by atoms with Crippen molar-refractivity contribution in [3.05, 3.63) is 12.2 Å². The first-order valence-corrected chi connectivity index (χ1v) is 3.88. The van der Waals surface area contributed by atoms with Crippen molar-refractivity contribution in [3.63, 3.8) is 0 Å². The second kappa shape index (κ2) is 5.35. The second-order valence-corrected chi connectivity index (χ2v) is 2.20. The van der Waals surface area contributed by atoms with Gasteiger partial charge in [-0.2, -0.15) is 0 Å². The third-order valence-electron chi connectivity index (χ3n) is 1.22. The molecule has 0 atom stereocenters. The SMILES string of the molecule is C=C(C(=O)NCC)C(=O)NCC. The molecule has 0 aliphatic carbocycles. The Labute approximate surface area is 72.0 Å². The third-order valence-corrected chi connectivity index (χ3v) is 1.22. The minimum absolute atomic E-state index is 0.0429. The van der Waals surface area contributed by atoms with Crippen molar-refractivity contribution in [2.24, 2.45) is 0 Å². The maximum Gasteiger partial charge on any atom is 0.256 e. The van der Waals surface area contributed by atoms with Crippen molar-refractivity contribution in [2.75, 3.05) is 13.1 Å². The summed E-state index contributed by atoms with van der Waals surface area (Å²) in [6.07, 6.45) is 0. The monoisotopic (exact) mass is 170 g/mol. The van der Waals surface area contributed by atoms with Crippen molar-refractivity contribution in [3.8, 4) is 0 Å². The van der Waals surface area contributed by atoms with Crippen LogP contribution in [0.5, 0.6) is 0 Å². The molecule has 0 bridgehead atoms. The van der Waals surface area contributed by atoms with E-state index in [1.54, 1.807) is 13.8 Å². The minimum Gasteiger partial charge on any atom is -0.352 e. The molecule has 0 aliphatic heterocycles. The van der Waals surface area contributed by atoms with Crippen LogP contribution in [0.4, 0.5) is 0 Å². The number of nitrogens with one attached hydrogen (secondary N) is 2. The molecular weight excluding hydrogens is 156 g/mol. The molecule has 0 saturated heterocycles. The predicted molar refractivity (Wildman–Crippen MR) is 46.5 cm³/mol. The van der Waals surface area contributed by atoms with Crippen LogP contribution in [0.15, 0.2) is 12.2 Å². The Hall–Kier alpha value is -1.32.